The van der Waals surface area contributed by atoms with Crippen LogP contribution in [0, 0.1) is 6.92 Å². The standard InChI is InChI=1S/C15H17N3O4S/c1-9-7-13(18-22-9)17-15(21)10(2)23-8-14(20)16-11-3-5-12(19)6-4-11/h3-7,10,19H,8H2,1-2H3,(H,16,20)(H,17,18,21)/t10-/m1/s1. The molecule has 3 N–H and O–H groups in total. The molecule has 0 spiro atoms. The molecule has 2 rings (SSSR count). The molecule has 7 nitrogen and oxygen atoms in total. The predicted octanol–water partition coefficient (Wildman–Crippen LogP) is 2.39. The Hall–Kier alpha value is -2.48. The Morgan fingerprint density at radius 1 is 1.30 bits per heavy atom. The van der Waals surface area contributed by atoms with Crippen LogP contribution in [0.5, 0.6) is 5.75 Å². The fourth-order valence-electron chi connectivity index (χ4n) is 1.67. The molecule has 0 aliphatic rings. The van der Waals surface area contributed by atoms with Gasteiger partial charge in [0.1, 0.15) is 11.5 Å². The van der Waals surface area contributed by atoms with E-state index in [2.05, 4.69) is 15.8 Å². The molecule has 1 atom stereocenters. The topological polar surface area (TPSA) is 104 Å². The number of nitrogens with zero attached hydrogens (tertiary/aromatic N) is 1. The minimum absolute atomic E-state index is 0.130. The molecule has 0 saturated heterocycles. The number of phenolic OH excluding ortho intramolecular Hbond substituents is 1. The van der Waals surface area contributed by atoms with Gasteiger partial charge in [-0.2, -0.15) is 0 Å². The van der Waals surface area contributed by atoms with Crippen molar-refractivity contribution in [1.29, 1.82) is 0 Å². The number of aromatic nitrogens is 1. The molecule has 0 saturated carbocycles. The number of carbonyl (C=O) groups is 2. The fourth-order valence-corrected chi connectivity index (χ4v) is 2.36. The molecule has 122 valence electrons. The van der Waals surface area contributed by atoms with Crippen molar-refractivity contribution in [1.82, 2.24) is 5.16 Å². The lowest BCUT2D eigenvalue weighted by molar-refractivity contribution is -0.115. The van der Waals surface area contributed by atoms with E-state index in [1.165, 1.54) is 23.9 Å². The first-order valence-electron chi connectivity index (χ1n) is 6.88. The number of nitrogens with one attached hydrogen (secondary N) is 2. The van der Waals surface area contributed by atoms with E-state index in [4.69, 9.17) is 4.52 Å². The highest BCUT2D eigenvalue weighted by atomic mass is 32.2. The van der Waals surface area contributed by atoms with Gasteiger partial charge >= 0.3 is 0 Å². The molecule has 0 aliphatic carbocycles. The molecule has 1 aromatic heterocycles. The van der Waals surface area contributed by atoms with E-state index in [1.807, 2.05) is 0 Å². The van der Waals surface area contributed by atoms with Crippen LogP contribution in [0.1, 0.15) is 12.7 Å². The van der Waals surface area contributed by atoms with E-state index in [1.54, 1.807) is 32.0 Å². The first kappa shape index (κ1) is 16.9. The number of carbonyl (C=O) groups excluding carboxylic acids is 2. The molecule has 0 fully saturated rings. The minimum atomic E-state index is -0.419. The number of amides is 2. The van der Waals surface area contributed by atoms with Crippen molar-refractivity contribution in [2.24, 2.45) is 0 Å². The molecule has 8 heteroatoms. The van der Waals surface area contributed by atoms with E-state index in [-0.39, 0.29) is 23.3 Å². The molecule has 2 amide bonds. The maximum absolute atomic E-state index is 12.0. The van der Waals surface area contributed by atoms with Crippen LogP contribution in [0.4, 0.5) is 11.5 Å². The van der Waals surface area contributed by atoms with Crippen LogP contribution in [0.15, 0.2) is 34.9 Å². The molecule has 0 radical (unpaired) electrons. The summed E-state index contributed by atoms with van der Waals surface area (Å²) >= 11 is 1.21. The summed E-state index contributed by atoms with van der Waals surface area (Å²) in [6.45, 7) is 3.44. The van der Waals surface area contributed by atoms with Gasteiger partial charge in [0, 0.05) is 11.8 Å². The number of anilines is 2. The van der Waals surface area contributed by atoms with Gasteiger partial charge in [-0.15, -0.1) is 11.8 Å². The summed E-state index contributed by atoms with van der Waals surface area (Å²) < 4.78 is 4.86. The van der Waals surface area contributed by atoms with Gasteiger partial charge in [-0.05, 0) is 38.1 Å². The Bertz CT molecular complexity index is 684. The quantitative estimate of drug-likeness (QED) is 0.700. The highest BCUT2D eigenvalue weighted by molar-refractivity contribution is 8.01. The molecule has 1 aromatic carbocycles. The molecule has 2 aromatic rings. The third-order valence-electron chi connectivity index (χ3n) is 2.86. The largest absolute Gasteiger partial charge is 0.508 e. The van der Waals surface area contributed by atoms with Crippen molar-refractivity contribution in [3.05, 3.63) is 36.1 Å². The number of benzene rings is 1. The number of phenols is 1. The second-order valence-corrected chi connectivity index (χ2v) is 6.19. The second-order valence-electron chi connectivity index (χ2n) is 4.86. The predicted molar refractivity (Wildman–Crippen MR) is 88.5 cm³/mol. The summed E-state index contributed by atoms with van der Waals surface area (Å²) in [6.07, 6.45) is 0. The minimum Gasteiger partial charge on any atom is -0.508 e. The smallest absolute Gasteiger partial charge is 0.238 e. The zero-order chi connectivity index (χ0) is 16.8. The summed E-state index contributed by atoms with van der Waals surface area (Å²) in [5.74, 6) is 0.749. The van der Waals surface area contributed by atoms with Crippen molar-refractivity contribution in [2.75, 3.05) is 16.4 Å². The average Bonchev–Trinajstić information content (AvgIpc) is 2.92. The number of aromatic hydroxyl groups is 1. The summed E-state index contributed by atoms with van der Waals surface area (Å²) in [6, 6.07) is 7.78. The molecule has 0 unspecified atom stereocenters. The van der Waals surface area contributed by atoms with Crippen molar-refractivity contribution >= 4 is 35.1 Å². The van der Waals surface area contributed by atoms with Crippen molar-refractivity contribution in [3.63, 3.8) is 0 Å². The Morgan fingerprint density at radius 2 is 2.00 bits per heavy atom. The highest BCUT2D eigenvalue weighted by Crippen LogP contribution is 2.16. The van der Waals surface area contributed by atoms with Gasteiger partial charge in [0.15, 0.2) is 5.82 Å². The SMILES string of the molecule is Cc1cc(NC(=O)[C@@H](C)SCC(=O)Nc2ccc(O)cc2)no1. The lowest BCUT2D eigenvalue weighted by atomic mass is 10.3. The van der Waals surface area contributed by atoms with Crippen LogP contribution in [-0.2, 0) is 9.59 Å². The van der Waals surface area contributed by atoms with E-state index in [0.717, 1.165) is 0 Å². The Morgan fingerprint density at radius 3 is 2.61 bits per heavy atom. The number of hydrogen-bond acceptors (Lipinski definition) is 6. The van der Waals surface area contributed by atoms with E-state index in [0.29, 0.717) is 17.3 Å². The third kappa shape index (κ3) is 5.33. The fraction of sp³-hybridized carbons (Fsp3) is 0.267. The van der Waals surface area contributed by atoms with E-state index >= 15 is 0 Å². The highest BCUT2D eigenvalue weighted by Gasteiger charge is 2.16. The monoisotopic (exact) mass is 335 g/mol. The Labute approximate surface area is 137 Å². The first-order valence-corrected chi connectivity index (χ1v) is 7.93. The van der Waals surface area contributed by atoms with Gasteiger partial charge < -0.3 is 20.3 Å². The Kier molecular flexibility index (Phi) is 5.64. The molecule has 0 aliphatic heterocycles. The normalized spacial score (nSPS) is 11.7. The van der Waals surface area contributed by atoms with Crippen LogP contribution in [0.25, 0.3) is 0 Å². The molecular weight excluding hydrogens is 318 g/mol. The zero-order valence-electron chi connectivity index (χ0n) is 12.7. The number of rotatable bonds is 6. The number of thioether (sulfide) groups is 1. The number of hydrogen-bond donors (Lipinski definition) is 3. The maximum Gasteiger partial charge on any atom is 0.238 e. The van der Waals surface area contributed by atoms with Crippen molar-refractivity contribution in [2.45, 2.75) is 19.1 Å². The maximum atomic E-state index is 12.0. The van der Waals surface area contributed by atoms with Crippen LogP contribution >= 0.6 is 11.8 Å². The van der Waals surface area contributed by atoms with Crippen LogP contribution in [-0.4, -0.2) is 33.1 Å². The zero-order valence-corrected chi connectivity index (χ0v) is 13.5. The summed E-state index contributed by atoms with van der Waals surface area (Å²) in [7, 11) is 0. The van der Waals surface area contributed by atoms with Gasteiger partial charge in [0.25, 0.3) is 0 Å². The van der Waals surface area contributed by atoms with Gasteiger partial charge in [-0.3, -0.25) is 9.59 Å². The van der Waals surface area contributed by atoms with Gasteiger partial charge in [0.2, 0.25) is 11.8 Å². The molecule has 0 bridgehead atoms. The van der Waals surface area contributed by atoms with Crippen molar-refractivity contribution < 1.29 is 19.2 Å². The summed E-state index contributed by atoms with van der Waals surface area (Å²) in [4.78, 5) is 23.8. The summed E-state index contributed by atoms with van der Waals surface area (Å²) in [5.41, 5.74) is 0.587. The van der Waals surface area contributed by atoms with Crippen LogP contribution < -0.4 is 10.6 Å². The Balaban J connectivity index is 1.76. The second kappa shape index (κ2) is 7.68. The molecule has 1 heterocycles. The van der Waals surface area contributed by atoms with E-state index < -0.39 is 5.25 Å². The van der Waals surface area contributed by atoms with Crippen LogP contribution in [0.3, 0.4) is 0 Å². The average molecular weight is 335 g/mol. The van der Waals surface area contributed by atoms with Gasteiger partial charge in [-0.1, -0.05) is 5.16 Å². The summed E-state index contributed by atoms with van der Waals surface area (Å²) in [5, 5.41) is 17.7. The molecular formula is C15H17N3O4S. The van der Waals surface area contributed by atoms with Crippen molar-refractivity contribution in [3.8, 4) is 5.75 Å². The van der Waals surface area contributed by atoms with E-state index in [9.17, 15) is 14.7 Å². The number of aryl methyl sites for hydroxylation is 1. The lowest BCUT2D eigenvalue weighted by Gasteiger charge is -2.10. The van der Waals surface area contributed by atoms with Crippen LogP contribution in [0.2, 0.25) is 0 Å². The van der Waals surface area contributed by atoms with Gasteiger partial charge in [-0.25, -0.2) is 0 Å². The van der Waals surface area contributed by atoms with Gasteiger partial charge in [0.05, 0.1) is 11.0 Å². The molecule has 23 heavy (non-hydrogen) atoms. The first-order chi connectivity index (χ1) is 10.9. The third-order valence-corrected chi connectivity index (χ3v) is 4.01. The lowest BCUT2D eigenvalue weighted by Crippen LogP contribution is -2.25.